The van der Waals surface area contributed by atoms with Crippen molar-refractivity contribution in [2.24, 2.45) is 10.7 Å². The van der Waals surface area contributed by atoms with Crippen LogP contribution in [0.3, 0.4) is 0 Å². The largest absolute Gasteiger partial charge is 0.379 e. The predicted molar refractivity (Wildman–Crippen MR) is 71.3 cm³/mol. The molecule has 0 aliphatic carbocycles. The van der Waals surface area contributed by atoms with E-state index >= 15 is 0 Å². The van der Waals surface area contributed by atoms with Gasteiger partial charge in [-0.05, 0) is 12.8 Å². The lowest BCUT2D eigenvalue weighted by Crippen LogP contribution is -2.37. The summed E-state index contributed by atoms with van der Waals surface area (Å²) >= 11 is 0. The molecule has 0 aromatic heterocycles. The van der Waals surface area contributed by atoms with Crippen LogP contribution in [0, 0.1) is 0 Å². The maximum atomic E-state index is 5.74. The van der Waals surface area contributed by atoms with Crippen molar-refractivity contribution in [1.82, 2.24) is 10.2 Å². The quantitative estimate of drug-likeness (QED) is 0.386. The summed E-state index contributed by atoms with van der Waals surface area (Å²) in [5.41, 5.74) is 5.74. The summed E-state index contributed by atoms with van der Waals surface area (Å²) in [5, 5.41) is 3.12. The summed E-state index contributed by atoms with van der Waals surface area (Å²) in [4.78, 5) is 6.72. The van der Waals surface area contributed by atoms with E-state index < -0.39 is 0 Å². The first-order valence-electron chi connectivity index (χ1n) is 6.67. The highest BCUT2D eigenvalue weighted by Crippen LogP contribution is 1.97. The SMILES string of the molecule is CCCCNC(N)=NCCCN1CCOCC1. The molecule has 3 N–H and O–H groups in total. The summed E-state index contributed by atoms with van der Waals surface area (Å²) < 4.78 is 5.30. The second-order valence-corrected chi connectivity index (χ2v) is 4.35. The van der Waals surface area contributed by atoms with Gasteiger partial charge in [-0.1, -0.05) is 13.3 Å². The Kier molecular flexibility index (Phi) is 7.75. The van der Waals surface area contributed by atoms with E-state index in [4.69, 9.17) is 10.5 Å². The van der Waals surface area contributed by atoms with Gasteiger partial charge in [0.15, 0.2) is 5.96 Å². The standard InChI is InChI=1S/C12H26N4O/c1-2-3-5-14-12(13)15-6-4-7-16-8-10-17-11-9-16/h2-11H2,1H3,(H3,13,14,15). The molecule has 5 heteroatoms. The van der Waals surface area contributed by atoms with Crippen LogP contribution in [-0.4, -0.2) is 56.8 Å². The number of unbranched alkanes of at least 4 members (excludes halogenated alkanes) is 1. The van der Waals surface area contributed by atoms with Gasteiger partial charge >= 0.3 is 0 Å². The van der Waals surface area contributed by atoms with Gasteiger partial charge < -0.3 is 15.8 Å². The number of guanidine groups is 1. The molecule has 0 spiro atoms. The molecule has 1 aliphatic heterocycles. The molecule has 0 bridgehead atoms. The van der Waals surface area contributed by atoms with Crippen LogP contribution >= 0.6 is 0 Å². The third-order valence-electron chi connectivity index (χ3n) is 2.85. The lowest BCUT2D eigenvalue weighted by atomic mass is 10.3. The fourth-order valence-corrected chi connectivity index (χ4v) is 1.77. The van der Waals surface area contributed by atoms with Crippen molar-refractivity contribution in [3.05, 3.63) is 0 Å². The highest BCUT2D eigenvalue weighted by molar-refractivity contribution is 5.77. The van der Waals surface area contributed by atoms with Gasteiger partial charge in [0.1, 0.15) is 0 Å². The number of nitrogens with zero attached hydrogens (tertiary/aromatic N) is 2. The minimum absolute atomic E-state index is 0.584. The van der Waals surface area contributed by atoms with E-state index in [1.54, 1.807) is 0 Å². The van der Waals surface area contributed by atoms with Crippen LogP contribution in [0.1, 0.15) is 26.2 Å². The molecule has 0 radical (unpaired) electrons. The molecule has 0 aromatic rings. The molecule has 17 heavy (non-hydrogen) atoms. The highest BCUT2D eigenvalue weighted by atomic mass is 16.5. The van der Waals surface area contributed by atoms with Crippen LogP contribution in [0.2, 0.25) is 0 Å². The van der Waals surface area contributed by atoms with E-state index in [0.717, 1.165) is 58.8 Å². The Morgan fingerprint density at radius 1 is 1.35 bits per heavy atom. The number of hydrogen-bond acceptors (Lipinski definition) is 3. The Balaban J connectivity index is 1.99. The predicted octanol–water partition coefficient (Wildman–Crippen LogP) is 0.413. The normalized spacial score (nSPS) is 18.3. The third kappa shape index (κ3) is 7.18. The van der Waals surface area contributed by atoms with E-state index in [0.29, 0.717) is 5.96 Å². The van der Waals surface area contributed by atoms with Crippen molar-refractivity contribution in [3.8, 4) is 0 Å². The Morgan fingerprint density at radius 2 is 2.12 bits per heavy atom. The zero-order chi connectivity index (χ0) is 12.3. The molecule has 0 aromatic carbocycles. The highest BCUT2D eigenvalue weighted by Gasteiger charge is 2.08. The van der Waals surface area contributed by atoms with E-state index in [-0.39, 0.29) is 0 Å². The molecule has 1 fully saturated rings. The molecule has 0 saturated carbocycles. The van der Waals surface area contributed by atoms with Crippen LogP contribution in [0.15, 0.2) is 4.99 Å². The molecule has 0 unspecified atom stereocenters. The van der Waals surface area contributed by atoms with Crippen LogP contribution in [0.5, 0.6) is 0 Å². The van der Waals surface area contributed by atoms with Crippen molar-refractivity contribution < 1.29 is 4.74 Å². The van der Waals surface area contributed by atoms with Crippen molar-refractivity contribution in [2.45, 2.75) is 26.2 Å². The maximum absolute atomic E-state index is 5.74. The lowest BCUT2D eigenvalue weighted by molar-refractivity contribution is 0.0377. The second kappa shape index (κ2) is 9.24. The fourth-order valence-electron chi connectivity index (χ4n) is 1.77. The van der Waals surface area contributed by atoms with Crippen molar-refractivity contribution in [2.75, 3.05) is 45.9 Å². The average molecular weight is 242 g/mol. The average Bonchev–Trinajstić information content (AvgIpc) is 2.36. The molecule has 0 amide bonds. The molecule has 1 rings (SSSR count). The Hall–Kier alpha value is -0.810. The first-order chi connectivity index (χ1) is 8.33. The number of ether oxygens (including phenoxy) is 1. The van der Waals surface area contributed by atoms with E-state index in [1.165, 1.54) is 6.42 Å². The summed E-state index contributed by atoms with van der Waals surface area (Å²) in [7, 11) is 0. The molecule has 100 valence electrons. The van der Waals surface area contributed by atoms with Crippen LogP contribution in [-0.2, 0) is 4.74 Å². The van der Waals surface area contributed by atoms with Crippen LogP contribution < -0.4 is 11.1 Å². The molecule has 1 heterocycles. The number of rotatable bonds is 7. The van der Waals surface area contributed by atoms with Gasteiger partial charge in [-0.15, -0.1) is 0 Å². The van der Waals surface area contributed by atoms with Crippen molar-refractivity contribution >= 4 is 5.96 Å². The molecular formula is C12H26N4O. The summed E-state index contributed by atoms with van der Waals surface area (Å²) in [6.07, 6.45) is 3.39. The topological polar surface area (TPSA) is 62.9 Å². The number of nitrogens with two attached hydrogens (primary N) is 1. The van der Waals surface area contributed by atoms with Gasteiger partial charge in [0.05, 0.1) is 13.2 Å². The number of nitrogens with one attached hydrogen (secondary N) is 1. The van der Waals surface area contributed by atoms with Crippen LogP contribution in [0.25, 0.3) is 0 Å². The summed E-state index contributed by atoms with van der Waals surface area (Å²) in [5.74, 6) is 0.584. The second-order valence-electron chi connectivity index (χ2n) is 4.35. The molecule has 5 nitrogen and oxygen atoms in total. The molecular weight excluding hydrogens is 216 g/mol. The minimum atomic E-state index is 0.584. The third-order valence-corrected chi connectivity index (χ3v) is 2.85. The Labute approximate surface area is 104 Å². The zero-order valence-corrected chi connectivity index (χ0v) is 11.0. The minimum Gasteiger partial charge on any atom is -0.379 e. The van der Waals surface area contributed by atoms with Gasteiger partial charge in [-0.25, -0.2) is 0 Å². The van der Waals surface area contributed by atoms with Crippen molar-refractivity contribution in [3.63, 3.8) is 0 Å². The van der Waals surface area contributed by atoms with Gasteiger partial charge in [0, 0.05) is 32.7 Å². The zero-order valence-electron chi connectivity index (χ0n) is 11.0. The first kappa shape index (κ1) is 14.3. The molecule has 1 aliphatic rings. The van der Waals surface area contributed by atoms with Crippen LogP contribution in [0.4, 0.5) is 0 Å². The Morgan fingerprint density at radius 3 is 2.82 bits per heavy atom. The monoisotopic (exact) mass is 242 g/mol. The van der Waals surface area contributed by atoms with E-state index in [9.17, 15) is 0 Å². The Bertz CT molecular complexity index is 215. The van der Waals surface area contributed by atoms with Gasteiger partial charge in [0.2, 0.25) is 0 Å². The smallest absolute Gasteiger partial charge is 0.188 e. The van der Waals surface area contributed by atoms with Gasteiger partial charge in [0.25, 0.3) is 0 Å². The molecule has 0 atom stereocenters. The first-order valence-corrected chi connectivity index (χ1v) is 6.67. The lowest BCUT2D eigenvalue weighted by Gasteiger charge is -2.26. The number of hydrogen-bond donors (Lipinski definition) is 2. The van der Waals surface area contributed by atoms with E-state index in [2.05, 4.69) is 22.1 Å². The van der Waals surface area contributed by atoms with Gasteiger partial charge in [-0.3, -0.25) is 9.89 Å². The summed E-state index contributed by atoms with van der Waals surface area (Å²) in [6, 6.07) is 0. The maximum Gasteiger partial charge on any atom is 0.188 e. The number of morpholine rings is 1. The molecule has 1 saturated heterocycles. The van der Waals surface area contributed by atoms with Gasteiger partial charge in [-0.2, -0.15) is 0 Å². The van der Waals surface area contributed by atoms with E-state index in [1.807, 2.05) is 0 Å². The van der Waals surface area contributed by atoms with Crippen molar-refractivity contribution in [1.29, 1.82) is 0 Å². The number of aliphatic imine (C=N–C) groups is 1. The fraction of sp³-hybridized carbons (Fsp3) is 0.917. The summed E-state index contributed by atoms with van der Waals surface area (Å²) in [6.45, 7) is 8.82.